The number of unbranched alkanes of at least 4 members (excludes halogenated alkanes) is 2. The summed E-state index contributed by atoms with van der Waals surface area (Å²) >= 11 is -1.20. The van der Waals surface area contributed by atoms with Gasteiger partial charge in [0.1, 0.15) is 0 Å². The van der Waals surface area contributed by atoms with E-state index in [1.807, 2.05) is 6.26 Å². The average molecular weight is 364 g/mol. The second-order valence-electron chi connectivity index (χ2n) is 5.68. The monoisotopic (exact) mass is 365 g/mol. The Labute approximate surface area is 140 Å². The van der Waals surface area contributed by atoms with Crippen molar-refractivity contribution in [1.29, 1.82) is 0 Å². The maximum atomic E-state index is 8.84. The average Bonchev–Trinajstić information content (AvgIpc) is 2.57. The fourth-order valence-electron chi connectivity index (χ4n) is 2.64. The molecule has 22 heavy (non-hydrogen) atoms. The third-order valence-electron chi connectivity index (χ3n) is 3.88. The molecule has 1 aromatic carbocycles. The first-order chi connectivity index (χ1) is 10.8. The Morgan fingerprint density at radius 3 is 2.27 bits per heavy atom. The van der Waals surface area contributed by atoms with Crippen molar-refractivity contribution in [2.24, 2.45) is 0 Å². The molecular weight excluding hydrogens is 333 g/mol. The van der Waals surface area contributed by atoms with Gasteiger partial charge in [0.05, 0.1) is 0 Å². The Balaban J connectivity index is 2.85. The van der Waals surface area contributed by atoms with Crippen LogP contribution in [0.5, 0.6) is 0 Å². The van der Waals surface area contributed by atoms with Crippen molar-refractivity contribution in [3.05, 3.63) is 48.2 Å². The molecule has 1 N–H and O–H groups in total. The second-order valence-corrected chi connectivity index (χ2v) is 11.8. The number of aliphatic hydroxyl groups is 1. The van der Waals surface area contributed by atoms with Gasteiger partial charge in [-0.2, -0.15) is 0 Å². The molecule has 3 heteroatoms. The van der Waals surface area contributed by atoms with Crippen LogP contribution in [0.25, 0.3) is 0 Å². The van der Waals surface area contributed by atoms with Crippen molar-refractivity contribution < 1.29 is 9.84 Å². The molecule has 2 nitrogen and oxygen atoms in total. The van der Waals surface area contributed by atoms with Crippen LogP contribution in [0.15, 0.2) is 42.7 Å². The first-order valence-electron chi connectivity index (χ1n) is 8.62. The topological polar surface area (TPSA) is 29.5 Å². The Hall–Kier alpha value is -0.737. The second kappa shape index (κ2) is 12.8. The third kappa shape index (κ3) is 7.50. The summed E-state index contributed by atoms with van der Waals surface area (Å²) in [5.41, 5.74) is 1.44. The summed E-state index contributed by atoms with van der Waals surface area (Å²) in [6.45, 7) is 5.04. The fraction of sp³-hybridized carbons (Fsp3) is 0.579. The van der Waals surface area contributed by atoms with E-state index < -0.39 is 14.3 Å². The molecule has 0 amide bonds. The Morgan fingerprint density at radius 1 is 1.09 bits per heavy atom. The molecule has 1 rings (SSSR count). The van der Waals surface area contributed by atoms with E-state index in [1.165, 1.54) is 41.8 Å². The molecule has 0 aliphatic carbocycles. The van der Waals surface area contributed by atoms with E-state index >= 15 is 0 Å². The van der Waals surface area contributed by atoms with Crippen molar-refractivity contribution in [3.63, 3.8) is 0 Å². The standard InChI is InChI=1S/C19H31GeO2/c1-3-5-13-20(14-6-4-2)19(12-16-22-17-15-21)18-10-8-7-9-11-18/h7-12,16,19,21H,3-6,13-15,17H2,1-2H3/b16-12-. The Bertz CT molecular complexity index is 384. The molecule has 1 atom stereocenters. The molecule has 0 fully saturated rings. The normalized spacial score (nSPS) is 12.9. The zero-order valence-electron chi connectivity index (χ0n) is 14.1. The minimum atomic E-state index is -1.20. The molecule has 0 bridgehead atoms. The summed E-state index contributed by atoms with van der Waals surface area (Å²) in [5.74, 6) is 0. The summed E-state index contributed by atoms with van der Waals surface area (Å²) in [4.78, 5) is 0. The van der Waals surface area contributed by atoms with Crippen LogP contribution in [0.1, 0.15) is 49.8 Å². The van der Waals surface area contributed by atoms with Crippen LogP contribution in [-0.2, 0) is 4.74 Å². The Kier molecular flexibility index (Phi) is 11.2. The summed E-state index contributed by atoms with van der Waals surface area (Å²) < 4.78 is 5.96. The molecule has 1 unspecified atom stereocenters. The molecule has 0 aliphatic heterocycles. The van der Waals surface area contributed by atoms with E-state index in [0.717, 1.165) is 0 Å². The van der Waals surface area contributed by atoms with Crippen LogP contribution in [0.3, 0.4) is 0 Å². The minimum absolute atomic E-state index is 0.0785. The van der Waals surface area contributed by atoms with E-state index in [9.17, 15) is 0 Å². The summed E-state index contributed by atoms with van der Waals surface area (Å²) in [5, 5.41) is 11.7. The van der Waals surface area contributed by atoms with Gasteiger partial charge in [-0.25, -0.2) is 0 Å². The molecule has 0 saturated heterocycles. The maximum absolute atomic E-state index is 8.84. The number of allylic oxidation sites excluding steroid dienone is 1. The predicted octanol–water partition coefficient (Wildman–Crippen LogP) is 4.93. The van der Waals surface area contributed by atoms with Gasteiger partial charge in [-0.05, 0) is 0 Å². The predicted molar refractivity (Wildman–Crippen MR) is 96.5 cm³/mol. The molecule has 0 saturated carbocycles. The summed E-state index contributed by atoms with van der Waals surface area (Å²) in [6, 6.07) is 10.9. The van der Waals surface area contributed by atoms with Crippen LogP contribution >= 0.6 is 0 Å². The van der Waals surface area contributed by atoms with Crippen LogP contribution in [0.2, 0.25) is 10.5 Å². The molecule has 1 aromatic rings. The van der Waals surface area contributed by atoms with Crippen LogP contribution < -0.4 is 0 Å². The van der Waals surface area contributed by atoms with Crippen molar-refractivity contribution in [1.82, 2.24) is 0 Å². The molecule has 1 radical (unpaired) electrons. The first-order valence-corrected chi connectivity index (χ1v) is 12.8. The first kappa shape index (κ1) is 19.3. The number of hydrogen-bond donors (Lipinski definition) is 1. The van der Waals surface area contributed by atoms with E-state index in [4.69, 9.17) is 9.84 Å². The van der Waals surface area contributed by atoms with Gasteiger partial charge in [0, 0.05) is 0 Å². The molecule has 0 spiro atoms. The Morgan fingerprint density at radius 2 is 1.73 bits per heavy atom. The zero-order valence-corrected chi connectivity index (χ0v) is 16.2. The number of aliphatic hydroxyl groups excluding tert-OH is 1. The van der Waals surface area contributed by atoms with Crippen molar-refractivity contribution >= 4 is 14.3 Å². The van der Waals surface area contributed by atoms with Gasteiger partial charge in [-0.15, -0.1) is 0 Å². The number of hydrogen-bond acceptors (Lipinski definition) is 2. The van der Waals surface area contributed by atoms with Crippen LogP contribution in [0.4, 0.5) is 0 Å². The SMILES string of the molecule is CCC[CH2][Ge]([CH2]CCC)[CH](/C=C\OCCO)c1ccccc1. The fourth-order valence-corrected chi connectivity index (χ4v) is 9.99. The van der Waals surface area contributed by atoms with E-state index in [1.54, 1.807) is 0 Å². The van der Waals surface area contributed by atoms with Gasteiger partial charge in [0.2, 0.25) is 0 Å². The van der Waals surface area contributed by atoms with Gasteiger partial charge in [-0.3, -0.25) is 0 Å². The van der Waals surface area contributed by atoms with E-state index in [2.05, 4.69) is 50.3 Å². The van der Waals surface area contributed by atoms with Crippen LogP contribution in [0, 0.1) is 0 Å². The molecular formula is C19H31GeO2. The number of benzene rings is 1. The molecule has 0 heterocycles. The molecule has 0 aromatic heterocycles. The van der Waals surface area contributed by atoms with Gasteiger partial charge in [0.25, 0.3) is 0 Å². The number of ether oxygens (including phenoxy) is 1. The van der Waals surface area contributed by atoms with E-state index in [0.29, 0.717) is 11.4 Å². The summed E-state index contributed by atoms with van der Waals surface area (Å²) in [6.07, 6.45) is 9.36. The summed E-state index contributed by atoms with van der Waals surface area (Å²) in [7, 11) is 0. The molecule has 0 aliphatic rings. The molecule has 123 valence electrons. The van der Waals surface area contributed by atoms with Crippen molar-refractivity contribution in [2.75, 3.05) is 13.2 Å². The third-order valence-corrected chi connectivity index (χ3v) is 11.0. The quantitative estimate of drug-likeness (QED) is 0.324. The van der Waals surface area contributed by atoms with Crippen molar-refractivity contribution in [3.8, 4) is 0 Å². The zero-order chi connectivity index (χ0) is 16.0. The van der Waals surface area contributed by atoms with E-state index in [-0.39, 0.29) is 6.61 Å². The van der Waals surface area contributed by atoms with Gasteiger partial charge >= 0.3 is 140 Å². The van der Waals surface area contributed by atoms with Gasteiger partial charge in [-0.1, -0.05) is 0 Å². The number of rotatable bonds is 12. The van der Waals surface area contributed by atoms with Crippen LogP contribution in [-0.4, -0.2) is 32.7 Å². The van der Waals surface area contributed by atoms with Crippen molar-refractivity contribution in [2.45, 2.75) is 54.8 Å². The van der Waals surface area contributed by atoms with Gasteiger partial charge in [0.15, 0.2) is 0 Å². The van der Waals surface area contributed by atoms with Gasteiger partial charge < -0.3 is 0 Å².